The van der Waals surface area contributed by atoms with Crippen LogP contribution >= 0.6 is 28.3 Å². The van der Waals surface area contributed by atoms with Crippen LogP contribution < -0.4 is 0 Å². The number of hydrogen-bond donors (Lipinski definition) is 1. The fourth-order valence-electron chi connectivity index (χ4n) is 2.07. The van der Waals surface area contributed by atoms with Crippen molar-refractivity contribution in [1.29, 1.82) is 0 Å². The lowest BCUT2D eigenvalue weighted by atomic mass is 10.1. The fourth-order valence-corrected chi connectivity index (χ4v) is 2.40. The molecule has 0 radical (unpaired) electrons. The Morgan fingerprint density at radius 3 is 2.83 bits per heavy atom. The van der Waals surface area contributed by atoms with E-state index in [1.165, 1.54) is 6.07 Å². The van der Waals surface area contributed by atoms with Crippen molar-refractivity contribution >= 4 is 34.3 Å². The normalized spacial score (nSPS) is 19.6. The van der Waals surface area contributed by atoms with Gasteiger partial charge in [-0.3, -0.25) is 9.69 Å². The third-order valence-electron chi connectivity index (χ3n) is 3.03. The third kappa shape index (κ3) is 3.67. The summed E-state index contributed by atoms with van der Waals surface area (Å²) in [5.74, 6) is -1.32. The van der Waals surface area contributed by atoms with Crippen molar-refractivity contribution in [3.63, 3.8) is 0 Å². The molecular weight excluding hydrogens is 324 g/mol. The first-order valence-electron chi connectivity index (χ1n) is 5.45. The molecule has 1 saturated heterocycles. The van der Waals surface area contributed by atoms with E-state index in [0.717, 1.165) is 0 Å². The summed E-state index contributed by atoms with van der Waals surface area (Å²) in [4.78, 5) is 12.8. The van der Waals surface area contributed by atoms with Crippen LogP contribution in [0.1, 0.15) is 12.0 Å². The van der Waals surface area contributed by atoms with E-state index in [9.17, 15) is 9.18 Å². The third-order valence-corrected chi connectivity index (χ3v) is 3.52. The van der Waals surface area contributed by atoms with Crippen LogP contribution in [-0.4, -0.2) is 29.1 Å². The molecule has 1 aromatic carbocycles. The Balaban J connectivity index is 0.00000162. The number of nitrogens with zero attached hydrogens (tertiary/aromatic N) is 1. The molecule has 0 aromatic heterocycles. The summed E-state index contributed by atoms with van der Waals surface area (Å²) in [5.41, 5.74) is 0.610. The second kappa shape index (κ2) is 6.50. The number of carboxylic acid groups (broad SMARTS) is 1. The molecule has 0 amide bonds. The first-order chi connectivity index (χ1) is 8.06. The predicted octanol–water partition coefficient (Wildman–Crippen LogP) is 2.92. The molecular formula is C12H14BrClFNO2. The second-order valence-corrected chi connectivity index (χ2v) is 5.21. The predicted molar refractivity (Wildman–Crippen MR) is 72.4 cm³/mol. The van der Waals surface area contributed by atoms with Crippen molar-refractivity contribution in [3.05, 3.63) is 34.1 Å². The van der Waals surface area contributed by atoms with Gasteiger partial charge < -0.3 is 5.11 Å². The average molecular weight is 339 g/mol. The Kier molecular flexibility index (Phi) is 5.56. The van der Waals surface area contributed by atoms with Gasteiger partial charge in [-0.25, -0.2) is 4.39 Å². The highest BCUT2D eigenvalue weighted by Gasteiger charge is 2.28. The Morgan fingerprint density at radius 1 is 1.56 bits per heavy atom. The van der Waals surface area contributed by atoms with Gasteiger partial charge in [-0.1, -0.05) is 22.0 Å². The van der Waals surface area contributed by atoms with E-state index in [2.05, 4.69) is 15.9 Å². The summed E-state index contributed by atoms with van der Waals surface area (Å²) in [5, 5.41) is 8.88. The molecule has 0 bridgehead atoms. The number of carbonyl (C=O) groups is 1. The molecule has 6 heteroatoms. The smallest absolute Gasteiger partial charge is 0.307 e. The molecule has 1 heterocycles. The quantitative estimate of drug-likeness (QED) is 0.921. The molecule has 1 aromatic rings. The van der Waals surface area contributed by atoms with Gasteiger partial charge in [0.15, 0.2) is 0 Å². The van der Waals surface area contributed by atoms with Crippen LogP contribution in [0.25, 0.3) is 0 Å². The van der Waals surface area contributed by atoms with E-state index in [-0.39, 0.29) is 24.1 Å². The van der Waals surface area contributed by atoms with Gasteiger partial charge in [0.2, 0.25) is 0 Å². The van der Waals surface area contributed by atoms with Crippen LogP contribution in [0.2, 0.25) is 0 Å². The Labute approximate surface area is 120 Å². The first kappa shape index (κ1) is 15.4. The Hall–Kier alpha value is -0.650. The van der Waals surface area contributed by atoms with Gasteiger partial charge in [0.1, 0.15) is 5.82 Å². The number of rotatable bonds is 3. The minimum atomic E-state index is -0.760. The van der Waals surface area contributed by atoms with E-state index < -0.39 is 5.97 Å². The Bertz CT molecular complexity index is 444. The van der Waals surface area contributed by atoms with E-state index in [1.54, 1.807) is 12.1 Å². The fraction of sp³-hybridized carbons (Fsp3) is 0.417. The summed E-state index contributed by atoms with van der Waals surface area (Å²) in [6.07, 6.45) is 0.646. The maximum Gasteiger partial charge on any atom is 0.307 e. The van der Waals surface area contributed by atoms with E-state index in [4.69, 9.17) is 5.11 Å². The number of aliphatic carboxylic acids is 1. The van der Waals surface area contributed by atoms with Crippen molar-refractivity contribution in [2.45, 2.75) is 13.0 Å². The van der Waals surface area contributed by atoms with Crippen LogP contribution in [0.5, 0.6) is 0 Å². The summed E-state index contributed by atoms with van der Waals surface area (Å²) in [7, 11) is 0. The standard InChI is InChI=1S/C12H13BrFNO2.ClH/c13-10-2-1-8(11(14)5-10)6-15-4-3-9(7-15)12(16)17;/h1-2,5,9H,3-4,6-7H2,(H,16,17);1H. The maximum atomic E-state index is 13.6. The molecule has 0 spiro atoms. The van der Waals surface area contributed by atoms with Gasteiger partial charge in [-0.2, -0.15) is 0 Å². The molecule has 0 aliphatic carbocycles. The molecule has 1 unspecified atom stereocenters. The van der Waals surface area contributed by atoms with Crippen LogP contribution in [0.15, 0.2) is 22.7 Å². The molecule has 18 heavy (non-hydrogen) atoms. The average Bonchev–Trinajstić information content (AvgIpc) is 2.71. The summed E-state index contributed by atoms with van der Waals surface area (Å²) in [6, 6.07) is 4.96. The summed E-state index contributed by atoms with van der Waals surface area (Å²) >= 11 is 3.21. The summed E-state index contributed by atoms with van der Waals surface area (Å²) < 4.78 is 14.3. The van der Waals surface area contributed by atoms with Crippen molar-refractivity contribution in [2.75, 3.05) is 13.1 Å². The summed E-state index contributed by atoms with van der Waals surface area (Å²) in [6.45, 7) is 1.69. The molecule has 1 fully saturated rings. The largest absolute Gasteiger partial charge is 0.481 e. The van der Waals surface area contributed by atoms with Crippen LogP contribution in [0.4, 0.5) is 4.39 Å². The molecule has 1 N–H and O–H groups in total. The van der Waals surface area contributed by atoms with E-state index in [0.29, 0.717) is 36.1 Å². The van der Waals surface area contributed by atoms with Crippen LogP contribution in [-0.2, 0) is 11.3 Å². The van der Waals surface area contributed by atoms with Gasteiger partial charge in [0, 0.05) is 23.1 Å². The number of carboxylic acids is 1. The minimum Gasteiger partial charge on any atom is -0.481 e. The number of likely N-dealkylation sites (tertiary alicyclic amines) is 1. The molecule has 3 nitrogen and oxygen atoms in total. The lowest BCUT2D eigenvalue weighted by Crippen LogP contribution is -2.23. The molecule has 100 valence electrons. The van der Waals surface area contributed by atoms with Crippen molar-refractivity contribution in [2.24, 2.45) is 5.92 Å². The highest BCUT2D eigenvalue weighted by Crippen LogP contribution is 2.21. The molecule has 1 aliphatic rings. The first-order valence-corrected chi connectivity index (χ1v) is 6.24. The van der Waals surface area contributed by atoms with Gasteiger partial charge >= 0.3 is 5.97 Å². The molecule has 2 rings (SSSR count). The van der Waals surface area contributed by atoms with Gasteiger partial charge in [-0.15, -0.1) is 12.4 Å². The van der Waals surface area contributed by atoms with Crippen LogP contribution in [0, 0.1) is 11.7 Å². The van der Waals surface area contributed by atoms with Gasteiger partial charge in [0.05, 0.1) is 5.92 Å². The monoisotopic (exact) mass is 337 g/mol. The molecule has 1 aliphatic heterocycles. The van der Waals surface area contributed by atoms with Gasteiger partial charge in [-0.05, 0) is 25.1 Å². The minimum absolute atomic E-state index is 0. The SMILES string of the molecule is Cl.O=C(O)C1CCN(Cc2ccc(Br)cc2F)C1. The highest BCUT2D eigenvalue weighted by molar-refractivity contribution is 9.10. The number of benzene rings is 1. The van der Waals surface area contributed by atoms with Crippen molar-refractivity contribution in [3.8, 4) is 0 Å². The van der Waals surface area contributed by atoms with E-state index in [1.807, 2.05) is 4.90 Å². The lowest BCUT2D eigenvalue weighted by molar-refractivity contribution is -0.141. The highest BCUT2D eigenvalue weighted by atomic mass is 79.9. The number of hydrogen-bond acceptors (Lipinski definition) is 2. The molecule has 1 atom stereocenters. The zero-order valence-corrected chi connectivity index (χ0v) is 12.0. The molecule has 0 saturated carbocycles. The van der Waals surface area contributed by atoms with Gasteiger partial charge in [0.25, 0.3) is 0 Å². The number of halogens is 3. The maximum absolute atomic E-state index is 13.6. The lowest BCUT2D eigenvalue weighted by Gasteiger charge is -2.15. The van der Waals surface area contributed by atoms with Crippen molar-refractivity contribution in [1.82, 2.24) is 4.90 Å². The van der Waals surface area contributed by atoms with Crippen LogP contribution in [0.3, 0.4) is 0 Å². The zero-order chi connectivity index (χ0) is 12.4. The van der Waals surface area contributed by atoms with Crippen molar-refractivity contribution < 1.29 is 14.3 Å². The zero-order valence-electron chi connectivity index (χ0n) is 9.60. The second-order valence-electron chi connectivity index (χ2n) is 4.29. The topological polar surface area (TPSA) is 40.5 Å². The van der Waals surface area contributed by atoms with E-state index >= 15 is 0 Å². The Morgan fingerprint density at radius 2 is 2.28 bits per heavy atom.